The second kappa shape index (κ2) is 7.21. The van der Waals surface area contributed by atoms with E-state index in [1.54, 1.807) is 0 Å². The van der Waals surface area contributed by atoms with Crippen molar-refractivity contribution in [2.45, 2.75) is 77.2 Å². The Morgan fingerprint density at radius 2 is 1.67 bits per heavy atom. The van der Waals surface area contributed by atoms with Gasteiger partial charge in [-0.3, -0.25) is 4.79 Å². The van der Waals surface area contributed by atoms with Gasteiger partial charge in [0.1, 0.15) is 5.82 Å². The molecular formula is C25H32N4O. The van der Waals surface area contributed by atoms with Gasteiger partial charge in [0.25, 0.3) is 0 Å². The molecule has 0 unspecified atom stereocenters. The van der Waals surface area contributed by atoms with E-state index >= 15 is 0 Å². The van der Waals surface area contributed by atoms with Gasteiger partial charge in [-0.15, -0.1) is 10.2 Å². The number of aromatic nitrogens is 3. The quantitative estimate of drug-likeness (QED) is 0.760. The van der Waals surface area contributed by atoms with Crippen LogP contribution in [0.25, 0.3) is 11.4 Å². The van der Waals surface area contributed by atoms with E-state index in [9.17, 15) is 4.79 Å². The van der Waals surface area contributed by atoms with Crippen LogP contribution in [0.3, 0.4) is 0 Å². The minimum Gasteiger partial charge on any atom is -0.326 e. The third kappa shape index (κ3) is 3.36. The Labute approximate surface area is 178 Å². The second-order valence-electron chi connectivity index (χ2n) is 10.6. The molecule has 1 amide bonds. The molecule has 4 saturated carbocycles. The molecule has 7 rings (SSSR count). The fourth-order valence-electron chi connectivity index (χ4n) is 7.45. The van der Waals surface area contributed by atoms with Crippen molar-refractivity contribution in [1.82, 2.24) is 14.8 Å². The molecule has 4 bridgehead atoms. The lowest BCUT2D eigenvalue weighted by molar-refractivity contribution is -0.124. The van der Waals surface area contributed by atoms with E-state index in [1.165, 1.54) is 57.8 Å². The van der Waals surface area contributed by atoms with Crippen LogP contribution in [-0.2, 0) is 17.8 Å². The summed E-state index contributed by atoms with van der Waals surface area (Å²) in [7, 11) is 0. The average Bonchev–Trinajstić information content (AvgIpc) is 2.95. The summed E-state index contributed by atoms with van der Waals surface area (Å²) in [4.78, 5) is 12.9. The Bertz CT molecular complexity index is 909. The number of carbonyl (C=O) groups excluding carboxylic acids is 1. The molecule has 5 nitrogen and oxygen atoms in total. The molecule has 5 heteroatoms. The zero-order valence-electron chi connectivity index (χ0n) is 17.8. The van der Waals surface area contributed by atoms with Gasteiger partial charge in [-0.05, 0) is 98.8 Å². The lowest BCUT2D eigenvalue weighted by Crippen LogP contribution is -2.47. The summed E-state index contributed by atoms with van der Waals surface area (Å²) >= 11 is 0. The Kier molecular flexibility index (Phi) is 4.47. The molecular weight excluding hydrogens is 372 g/mol. The van der Waals surface area contributed by atoms with Gasteiger partial charge < -0.3 is 9.88 Å². The maximum atomic E-state index is 12.9. The molecule has 1 aliphatic heterocycles. The van der Waals surface area contributed by atoms with Crippen molar-refractivity contribution >= 4 is 11.6 Å². The first kappa shape index (κ1) is 18.6. The Morgan fingerprint density at radius 3 is 2.37 bits per heavy atom. The summed E-state index contributed by atoms with van der Waals surface area (Å²) in [5.74, 6) is 4.93. The van der Waals surface area contributed by atoms with E-state index in [4.69, 9.17) is 0 Å². The molecule has 1 N–H and O–H groups in total. The number of amides is 1. The van der Waals surface area contributed by atoms with Crippen LogP contribution in [0.5, 0.6) is 0 Å². The summed E-state index contributed by atoms with van der Waals surface area (Å²) in [6.45, 7) is 1.00. The summed E-state index contributed by atoms with van der Waals surface area (Å²) < 4.78 is 2.27. The molecule has 0 spiro atoms. The van der Waals surface area contributed by atoms with Crippen LogP contribution in [0.4, 0.5) is 5.69 Å². The van der Waals surface area contributed by atoms with Crippen molar-refractivity contribution in [3.05, 3.63) is 30.1 Å². The Morgan fingerprint density at radius 1 is 0.967 bits per heavy atom. The fraction of sp³-hybridized carbons (Fsp3) is 0.640. The average molecular weight is 405 g/mol. The van der Waals surface area contributed by atoms with Gasteiger partial charge in [0, 0.05) is 30.6 Å². The lowest BCUT2D eigenvalue weighted by Gasteiger charge is -2.56. The number of nitrogens with one attached hydrogen (secondary N) is 1. The van der Waals surface area contributed by atoms with E-state index in [2.05, 4.69) is 32.2 Å². The number of anilines is 1. The molecule has 0 atom stereocenters. The zero-order chi connectivity index (χ0) is 20.1. The highest BCUT2D eigenvalue weighted by Crippen LogP contribution is 2.61. The Hall–Kier alpha value is -2.17. The third-order valence-electron chi connectivity index (χ3n) is 8.24. The van der Waals surface area contributed by atoms with Crippen LogP contribution in [0.15, 0.2) is 24.3 Å². The zero-order valence-corrected chi connectivity index (χ0v) is 17.8. The summed E-state index contributed by atoms with van der Waals surface area (Å²) in [6, 6.07) is 8.18. The molecule has 0 saturated heterocycles. The number of hydrogen-bond acceptors (Lipinski definition) is 3. The molecule has 4 fully saturated rings. The van der Waals surface area contributed by atoms with Crippen LogP contribution >= 0.6 is 0 Å². The number of carbonyl (C=O) groups is 1. The lowest BCUT2D eigenvalue weighted by atomic mass is 9.49. The van der Waals surface area contributed by atoms with Gasteiger partial charge in [-0.1, -0.05) is 6.42 Å². The van der Waals surface area contributed by atoms with Crippen LogP contribution in [0.2, 0.25) is 0 Å². The van der Waals surface area contributed by atoms with Crippen molar-refractivity contribution < 1.29 is 4.79 Å². The second-order valence-corrected chi connectivity index (χ2v) is 10.6. The number of nitrogens with zero attached hydrogens (tertiary/aromatic N) is 3. The molecule has 2 aromatic rings. The maximum absolute atomic E-state index is 12.9. The highest BCUT2D eigenvalue weighted by atomic mass is 16.1. The van der Waals surface area contributed by atoms with Crippen LogP contribution < -0.4 is 5.32 Å². The first-order chi connectivity index (χ1) is 14.7. The minimum atomic E-state index is 0.195. The predicted octanol–water partition coefficient (Wildman–Crippen LogP) is 5.22. The molecule has 158 valence electrons. The van der Waals surface area contributed by atoms with E-state index in [-0.39, 0.29) is 11.3 Å². The smallest absolute Gasteiger partial charge is 0.224 e. The highest BCUT2D eigenvalue weighted by Gasteiger charge is 2.51. The van der Waals surface area contributed by atoms with E-state index in [0.717, 1.165) is 53.6 Å². The summed E-state index contributed by atoms with van der Waals surface area (Å²) in [5.41, 5.74) is 2.26. The monoisotopic (exact) mass is 404 g/mol. The number of fused-ring (bicyclic) bond motifs is 1. The maximum Gasteiger partial charge on any atom is 0.224 e. The molecule has 0 radical (unpaired) electrons. The van der Waals surface area contributed by atoms with Crippen LogP contribution in [0, 0.1) is 23.2 Å². The van der Waals surface area contributed by atoms with Gasteiger partial charge in [-0.2, -0.15) is 0 Å². The predicted molar refractivity (Wildman–Crippen MR) is 117 cm³/mol. The Balaban J connectivity index is 1.13. The fourth-order valence-corrected chi connectivity index (χ4v) is 7.45. The standard InChI is InChI=1S/C25H32N4O/c30-23(16-25-13-17-10-18(14-25)12-19(11-17)15-25)26-21-7-5-20(6-8-21)24-28-27-22-4-2-1-3-9-29(22)24/h5-8,17-19H,1-4,9-16H2,(H,26,30). The van der Waals surface area contributed by atoms with E-state index in [0.29, 0.717) is 6.42 Å². The number of benzene rings is 1. The molecule has 4 aliphatic carbocycles. The first-order valence-electron chi connectivity index (χ1n) is 12.0. The van der Waals surface area contributed by atoms with Gasteiger partial charge in [0.2, 0.25) is 5.91 Å². The van der Waals surface area contributed by atoms with E-state index < -0.39 is 0 Å². The van der Waals surface area contributed by atoms with Crippen molar-refractivity contribution in [2.75, 3.05) is 5.32 Å². The number of aryl methyl sites for hydroxylation is 1. The summed E-state index contributed by atoms with van der Waals surface area (Å²) in [6.07, 6.45) is 13.5. The highest BCUT2D eigenvalue weighted by molar-refractivity contribution is 5.91. The third-order valence-corrected chi connectivity index (χ3v) is 8.24. The number of hydrogen-bond donors (Lipinski definition) is 1. The summed E-state index contributed by atoms with van der Waals surface area (Å²) in [5, 5.41) is 12.0. The molecule has 5 aliphatic rings. The van der Waals surface area contributed by atoms with Gasteiger partial charge in [-0.25, -0.2) is 0 Å². The number of rotatable bonds is 4. The van der Waals surface area contributed by atoms with Crippen molar-refractivity contribution in [3.8, 4) is 11.4 Å². The molecule has 30 heavy (non-hydrogen) atoms. The topological polar surface area (TPSA) is 59.8 Å². The molecule has 1 aromatic heterocycles. The molecule has 1 aromatic carbocycles. The largest absolute Gasteiger partial charge is 0.326 e. The van der Waals surface area contributed by atoms with Crippen LogP contribution in [-0.4, -0.2) is 20.7 Å². The van der Waals surface area contributed by atoms with Gasteiger partial charge >= 0.3 is 0 Å². The van der Waals surface area contributed by atoms with Crippen molar-refractivity contribution in [2.24, 2.45) is 23.2 Å². The van der Waals surface area contributed by atoms with Gasteiger partial charge in [0.05, 0.1) is 0 Å². The van der Waals surface area contributed by atoms with Crippen LogP contribution in [0.1, 0.15) is 70.0 Å². The normalized spacial score (nSPS) is 31.9. The SMILES string of the molecule is O=C(CC12CC3CC(CC(C3)C1)C2)Nc1ccc(-c2nnc3n2CCCCC3)cc1. The van der Waals surface area contributed by atoms with E-state index in [1.807, 2.05) is 12.1 Å². The minimum absolute atomic E-state index is 0.195. The van der Waals surface area contributed by atoms with Crippen molar-refractivity contribution in [1.29, 1.82) is 0 Å². The van der Waals surface area contributed by atoms with Crippen molar-refractivity contribution in [3.63, 3.8) is 0 Å². The first-order valence-corrected chi connectivity index (χ1v) is 12.0. The molecule has 2 heterocycles. The van der Waals surface area contributed by atoms with Gasteiger partial charge in [0.15, 0.2) is 5.82 Å².